The first-order chi connectivity index (χ1) is 9.76. The molecule has 0 saturated carbocycles. The van der Waals surface area contributed by atoms with Crippen LogP contribution in [-0.2, 0) is 12.8 Å². The summed E-state index contributed by atoms with van der Waals surface area (Å²) in [4.78, 5) is 2.50. The number of ether oxygens (including phenoxy) is 1. The normalized spacial score (nSPS) is 26.3. The van der Waals surface area contributed by atoms with Crippen LogP contribution in [0.5, 0.6) is 5.75 Å². The summed E-state index contributed by atoms with van der Waals surface area (Å²) < 4.78 is 5.55. The van der Waals surface area contributed by atoms with E-state index in [1.54, 1.807) is 0 Å². The zero-order chi connectivity index (χ0) is 13.9. The lowest BCUT2D eigenvalue weighted by molar-refractivity contribution is 0.0256. The largest absolute Gasteiger partial charge is 0.493 e. The molecule has 0 amide bonds. The maximum absolute atomic E-state index is 9.94. The molecule has 2 heterocycles. The Morgan fingerprint density at radius 3 is 3.15 bits per heavy atom. The van der Waals surface area contributed by atoms with Gasteiger partial charge in [0.2, 0.25) is 0 Å². The van der Waals surface area contributed by atoms with Gasteiger partial charge in [-0.05, 0) is 42.4 Å². The summed E-state index contributed by atoms with van der Waals surface area (Å²) in [5.74, 6) is 1.53. The average Bonchev–Trinajstić information content (AvgIpc) is 2.94. The van der Waals surface area contributed by atoms with Crippen molar-refractivity contribution in [1.29, 1.82) is 0 Å². The highest BCUT2D eigenvalue weighted by atomic mass is 16.5. The van der Waals surface area contributed by atoms with Crippen LogP contribution in [0.3, 0.4) is 0 Å². The van der Waals surface area contributed by atoms with Crippen molar-refractivity contribution >= 4 is 0 Å². The molecule has 3 heteroatoms. The van der Waals surface area contributed by atoms with Crippen LogP contribution in [0.1, 0.15) is 30.9 Å². The summed E-state index contributed by atoms with van der Waals surface area (Å²) in [7, 11) is 0. The molecule has 2 aliphatic rings. The Morgan fingerprint density at radius 1 is 1.40 bits per heavy atom. The SMILES string of the molecule is CCC1CN(CCc2ccc3c(c2)CCO3)CCC1O. The number of rotatable bonds is 4. The standard InChI is InChI=1S/C17H25NO2/c1-2-14-12-18(9-6-16(14)19)8-5-13-3-4-17-15(11-13)7-10-20-17/h3-4,11,14,16,19H,2,5-10,12H2,1H3. The topological polar surface area (TPSA) is 32.7 Å². The number of benzene rings is 1. The average molecular weight is 275 g/mol. The Kier molecular flexibility index (Phi) is 4.27. The Labute approximate surface area is 121 Å². The molecule has 1 aromatic rings. The van der Waals surface area contributed by atoms with E-state index in [2.05, 4.69) is 30.0 Å². The van der Waals surface area contributed by atoms with E-state index in [1.807, 2.05) is 0 Å². The van der Waals surface area contributed by atoms with E-state index in [0.717, 1.165) is 57.7 Å². The Morgan fingerprint density at radius 2 is 2.30 bits per heavy atom. The second-order valence-corrected chi connectivity index (χ2v) is 6.12. The van der Waals surface area contributed by atoms with Gasteiger partial charge in [-0.25, -0.2) is 0 Å². The first kappa shape index (κ1) is 13.9. The maximum atomic E-state index is 9.94. The molecular weight excluding hydrogens is 250 g/mol. The molecule has 0 aliphatic carbocycles. The Hall–Kier alpha value is -1.06. The lowest BCUT2D eigenvalue weighted by Gasteiger charge is -2.35. The zero-order valence-electron chi connectivity index (χ0n) is 12.3. The number of nitrogens with zero attached hydrogens (tertiary/aromatic N) is 1. The van der Waals surface area contributed by atoms with Crippen LogP contribution in [0, 0.1) is 5.92 Å². The summed E-state index contributed by atoms with van der Waals surface area (Å²) in [6.45, 7) is 6.19. The highest BCUT2D eigenvalue weighted by molar-refractivity contribution is 5.39. The first-order valence-corrected chi connectivity index (χ1v) is 7.91. The van der Waals surface area contributed by atoms with Gasteiger partial charge in [-0.3, -0.25) is 0 Å². The number of piperidine rings is 1. The lowest BCUT2D eigenvalue weighted by Crippen LogP contribution is -2.43. The molecule has 1 fully saturated rings. The predicted octanol–water partition coefficient (Wildman–Crippen LogP) is 2.26. The molecule has 1 aromatic carbocycles. The Balaban J connectivity index is 1.54. The van der Waals surface area contributed by atoms with Gasteiger partial charge in [-0.1, -0.05) is 19.1 Å². The molecule has 0 bridgehead atoms. The molecule has 1 saturated heterocycles. The third kappa shape index (κ3) is 2.99. The van der Waals surface area contributed by atoms with Gasteiger partial charge in [-0.15, -0.1) is 0 Å². The molecule has 1 N–H and O–H groups in total. The van der Waals surface area contributed by atoms with E-state index in [-0.39, 0.29) is 6.10 Å². The van der Waals surface area contributed by atoms with Gasteiger partial charge in [0.05, 0.1) is 12.7 Å². The smallest absolute Gasteiger partial charge is 0.122 e. The third-order valence-corrected chi connectivity index (χ3v) is 4.77. The number of hydrogen-bond acceptors (Lipinski definition) is 3. The molecule has 0 spiro atoms. The van der Waals surface area contributed by atoms with Crippen LogP contribution < -0.4 is 4.74 Å². The monoisotopic (exact) mass is 275 g/mol. The fraction of sp³-hybridized carbons (Fsp3) is 0.647. The van der Waals surface area contributed by atoms with E-state index in [1.165, 1.54) is 11.1 Å². The van der Waals surface area contributed by atoms with Crippen molar-refractivity contribution in [2.75, 3.05) is 26.2 Å². The van der Waals surface area contributed by atoms with E-state index in [0.29, 0.717) is 5.92 Å². The quantitative estimate of drug-likeness (QED) is 0.915. The van der Waals surface area contributed by atoms with Crippen molar-refractivity contribution in [3.8, 4) is 5.75 Å². The van der Waals surface area contributed by atoms with Gasteiger partial charge in [0.1, 0.15) is 5.75 Å². The highest BCUT2D eigenvalue weighted by Gasteiger charge is 2.25. The van der Waals surface area contributed by atoms with Crippen molar-refractivity contribution in [3.05, 3.63) is 29.3 Å². The van der Waals surface area contributed by atoms with Crippen molar-refractivity contribution in [2.24, 2.45) is 5.92 Å². The summed E-state index contributed by atoms with van der Waals surface area (Å²) in [5.41, 5.74) is 2.77. The van der Waals surface area contributed by atoms with Crippen LogP contribution in [0.2, 0.25) is 0 Å². The van der Waals surface area contributed by atoms with Gasteiger partial charge in [0.25, 0.3) is 0 Å². The van der Waals surface area contributed by atoms with E-state index in [9.17, 15) is 5.11 Å². The summed E-state index contributed by atoms with van der Waals surface area (Å²) >= 11 is 0. The minimum absolute atomic E-state index is 0.0895. The molecule has 2 unspecified atom stereocenters. The van der Waals surface area contributed by atoms with Gasteiger partial charge < -0.3 is 14.7 Å². The fourth-order valence-electron chi connectivity index (χ4n) is 3.38. The summed E-state index contributed by atoms with van der Waals surface area (Å²) in [5, 5.41) is 9.94. The molecular formula is C17H25NO2. The molecule has 110 valence electrons. The minimum Gasteiger partial charge on any atom is -0.493 e. The van der Waals surface area contributed by atoms with Crippen LogP contribution in [0.25, 0.3) is 0 Å². The van der Waals surface area contributed by atoms with Crippen LogP contribution in [-0.4, -0.2) is 42.4 Å². The van der Waals surface area contributed by atoms with Crippen LogP contribution in [0.4, 0.5) is 0 Å². The maximum Gasteiger partial charge on any atom is 0.122 e. The van der Waals surface area contributed by atoms with E-state index < -0.39 is 0 Å². The number of aliphatic hydroxyl groups excluding tert-OH is 1. The molecule has 3 nitrogen and oxygen atoms in total. The predicted molar refractivity (Wildman–Crippen MR) is 80.2 cm³/mol. The second kappa shape index (κ2) is 6.15. The highest BCUT2D eigenvalue weighted by Crippen LogP contribution is 2.26. The number of likely N-dealkylation sites (tertiary alicyclic amines) is 1. The van der Waals surface area contributed by atoms with Gasteiger partial charge in [0, 0.05) is 26.1 Å². The molecule has 2 aliphatic heterocycles. The fourth-order valence-corrected chi connectivity index (χ4v) is 3.38. The lowest BCUT2D eigenvalue weighted by atomic mass is 9.92. The van der Waals surface area contributed by atoms with E-state index in [4.69, 9.17) is 4.74 Å². The molecule has 0 aromatic heterocycles. The van der Waals surface area contributed by atoms with Crippen molar-refractivity contribution < 1.29 is 9.84 Å². The van der Waals surface area contributed by atoms with Crippen LogP contribution in [0.15, 0.2) is 18.2 Å². The summed E-state index contributed by atoms with van der Waals surface area (Å²) in [6.07, 6.45) is 4.06. The first-order valence-electron chi connectivity index (χ1n) is 7.91. The second-order valence-electron chi connectivity index (χ2n) is 6.12. The van der Waals surface area contributed by atoms with Crippen LogP contribution >= 0.6 is 0 Å². The number of hydrogen-bond donors (Lipinski definition) is 1. The molecule has 20 heavy (non-hydrogen) atoms. The zero-order valence-corrected chi connectivity index (χ0v) is 12.3. The third-order valence-electron chi connectivity index (χ3n) is 4.77. The van der Waals surface area contributed by atoms with E-state index >= 15 is 0 Å². The molecule has 3 rings (SSSR count). The van der Waals surface area contributed by atoms with Crippen molar-refractivity contribution in [2.45, 2.75) is 38.7 Å². The van der Waals surface area contributed by atoms with Gasteiger partial charge in [-0.2, -0.15) is 0 Å². The minimum atomic E-state index is -0.0895. The molecule has 2 atom stereocenters. The van der Waals surface area contributed by atoms with Crippen molar-refractivity contribution in [3.63, 3.8) is 0 Å². The van der Waals surface area contributed by atoms with Crippen molar-refractivity contribution in [1.82, 2.24) is 4.90 Å². The Bertz CT molecular complexity index is 460. The van der Waals surface area contributed by atoms with Gasteiger partial charge >= 0.3 is 0 Å². The summed E-state index contributed by atoms with van der Waals surface area (Å²) in [6, 6.07) is 6.62. The molecule has 0 radical (unpaired) electrons. The number of fused-ring (bicyclic) bond motifs is 1. The van der Waals surface area contributed by atoms with Gasteiger partial charge in [0.15, 0.2) is 0 Å². The number of aliphatic hydroxyl groups is 1.